The minimum Gasteiger partial charge on any atom is -0.354 e. The summed E-state index contributed by atoms with van der Waals surface area (Å²) in [6.07, 6.45) is 13.0. The zero-order valence-corrected chi connectivity index (χ0v) is 21.8. The van der Waals surface area contributed by atoms with Crippen LogP contribution < -0.4 is 0 Å². The van der Waals surface area contributed by atoms with E-state index in [9.17, 15) is 5.26 Å². The molecule has 2 aromatic rings. The summed E-state index contributed by atoms with van der Waals surface area (Å²) in [5, 5.41) is 10.8. The summed E-state index contributed by atoms with van der Waals surface area (Å²) < 4.78 is 0. The fourth-order valence-corrected chi connectivity index (χ4v) is 6.47. The average Bonchev–Trinajstić information content (AvgIpc) is 3.31. The minimum absolute atomic E-state index is 0.0315. The van der Waals surface area contributed by atoms with E-state index in [1.165, 1.54) is 51.7 Å². The van der Waals surface area contributed by atoms with Crippen LogP contribution in [0, 0.1) is 16.7 Å². The summed E-state index contributed by atoms with van der Waals surface area (Å²) in [5.74, 6) is 1.02. The molecule has 2 fully saturated rings. The summed E-state index contributed by atoms with van der Waals surface area (Å²) in [5.41, 5.74) is 8.97. The van der Waals surface area contributed by atoms with Crippen LogP contribution in [0.4, 0.5) is 0 Å². The lowest BCUT2D eigenvalue weighted by atomic mass is 9.87. The Bertz CT molecular complexity index is 1330. The second-order valence-electron chi connectivity index (χ2n) is 11.7. The molecular weight excluding hydrogens is 442 g/mol. The molecule has 0 amide bonds. The highest BCUT2D eigenvalue weighted by Gasteiger charge is 2.44. The number of H-pyrrole nitrogens is 1. The molecule has 1 saturated heterocycles. The minimum atomic E-state index is -0.0315. The van der Waals surface area contributed by atoms with E-state index in [-0.39, 0.29) is 11.5 Å². The second kappa shape index (κ2) is 9.16. The molecule has 6 rings (SSSR count). The number of fused-ring (bicyclic) bond motifs is 2. The van der Waals surface area contributed by atoms with Crippen LogP contribution in [-0.2, 0) is 0 Å². The summed E-state index contributed by atoms with van der Waals surface area (Å²) in [6, 6.07) is 9.89. The maximum atomic E-state index is 9.47. The van der Waals surface area contributed by atoms with Gasteiger partial charge in [0.2, 0.25) is 0 Å². The Hall–Kier alpha value is -2.97. The molecule has 2 aliphatic carbocycles. The van der Waals surface area contributed by atoms with Gasteiger partial charge in [0.15, 0.2) is 0 Å². The van der Waals surface area contributed by atoms with Crippen LogP contribution in [0.5, 0.6) is 0 Å². The Kier molecular flexibility index (Phi) is 5.96. The molecule has 1 unspecified atom stereocenters. The zero-order valence-electron chi connectivity index (χ0n) is 21.8. The second-order valence-corrected chi connectivity index (χ2v) is 11.7. The monoisotopic (exact) mass is 479 g/mol. The molecule has 0 radical (unpaired) electrons. The van der Waals surface area contributed by atoms with Crippen molar-refractivity contribution in [2.45, 2.75) is 77.2 Å². The van der Waals surface area contributed by atoms with Crippen molar-refractivity contribution >= 4 is 28.5 Å². The van der Waals surface area contributed by atoms with Crippen molar-refractivity contribution in [2.75, 3.05) is 19.6 Å². The average molecular weight is 480 g/mol. The topological polar surface area (TPSA) is 67.5 Å². The van der Waals surface area contributed by atoms with Crippen LogP contribution >= 0.6 is 0 Å². The first-order valence-corrected chi connectivity index (χ1v) is 13.7. The van der Waals surface area contributed by atoms with Gasteiger partial charge < -0.3 is 9.88 Å². The first kappa shape index (κ1) is 23.4. The number of hydrogen-bond acceptors (Lipinski definition) is 4. The number of benzene rings is 1. The molecule has 5 nitrogen and oxygen atoms in total. The van der Waals surface area contributed by atoms with Gasteiger partial charge in [0.05, 0.1) is 23.2 Å². The largest absolute Gasteiger partial charge is 0.354 e. The Balaban J connectivity index is 1.28. The fourth-order valence-electron chi connectivity index (χ4n) is 6.47. The van der Waals surface area contributed by atoms with Crippen molar-refractivity contribution in [1.29, 1.82) is 5.26 Å². The number of piperidine rings is 1. The van der Waals surface area contributed by atoms with Gasteiger partial charge in [0.1, 0.15) is 6.34 Å². The van der Waals surface area contributed by atoms with Gasteiger partial charge in [-0.05, 0) is 111 Å². The number of rotatable bonds is 5. The number of aromatic amines is 1. The Labute approximate surface area is 214 Å². The third-order valence-electron chi connectivity index (χ3n) is 8.74. The Morgan fingerprint density at radius 2 is 2.00 bits per heavy atom. The smallest absolute Gasteiger partial charge is 0.111 e. The molecule has 1 N–H and O–H groups in total. The maximum Gasteiger partial charge on any atom is 0.111 e. The third-order valence-corrected chi connectivity index (χ3v) is 8.74. The molecule has 2 aliphatic heterocycles. The standard InChI is InChI=1S/C31H37N5/c1-20(2)28-25-16-23(22-9-13-36(14-10-22)18-31(17-32)11-12-31)7-8-26(25)35-30(28)24-5-4-6-27-29(21(3)15-24)34-19-33-27/h5,7-8,15-16,19-20,22,27,35H,4,6,9-14,18H2,1-3H3/b21-15-,24-5+. The van der Waals surface area contributed by atoms with Gasteiger partial charge in [-0.3, -0.25) is 4.99 Å². The Morgan fingerprint density at radius 3 is 2.72 bits per heavy atom. The maximum absolute atomic E-state index is 9.47. The molecule has 1 saturated carbocycles. The lowest BCUT2D eigenvalue weighted by molar-refractivity contribution is 0.190. The highest BCUT2D eigenvalue weighted by atomic mass is 15.1. The summed E-state index contributed by atoms with van der Waals surface area (Å²) in [7, 11) is 0. The lowest BCUT2D eigenvalue weighted by Crippen LogP contribution is -2.36. The number of allylic oxidation sites excluding steroid dienone is 3. The van der Waals surface area contributed by atoms with E-state index >= 15 is 0 Å². The number of nitriles is 1. The molecule has 0 bridgehead atoms. The highest BCUT2D eigenvalue weighted by Crippen LogP contribution is 2.46. The van der Waals surface area contributed by atoms with Gasteiger partial charge in [-0.2, -0.15) is 5.26 Å². The van der Waals surface area contributed by atoms with Crippen molar-refractivity contribution in [2.24, 2.45) is 15.4 Å². The van der Waals surface area contributed by atoms with Crippen molar-refractivity contribution in [3.8, 4) is 6.07 Å². The number of nitrogens with one attached hydrogen (secondary N) is 1. The normalized spacial score (nSPS) is 27.0. The van der Waals surface area contributed by atoms with E-state index in [2.05, 4.69) is 77.1 Å². The van der Waals surface area contributed by atoms with E-state index in [1.54, 1.807) is 6.34 Å². The molecule has 5 heteroatoms. The molecular formula is C31H37N5. The Morgan fingerprint density at radius 1 is 1.19 bits per heavy atom. The summed E-state index contributed by atoms with van der Waals surface area (Å²) >= 11 is 0. The van der Waals surface area contributed by atoms with E-state index in [0.717, 1.165) is 51.0 Å². The summed E-state index contributed by atoms with van der Waals surface area (Å²) in [4.78, 5) is 15.4. The van der Waals surface area contributed by atoms with Crippen LogP contribution in [0.2, 0.25) is 0 Å². The van der Waals surface area contributed by atoms with Gasteiger partial charge in [-0.15, -0.1) is 0 Å². The van der Waals surface area contributed by atoms with E-state index in [0.29, 0.717) is 11.8 Å². The number of nitrogens with zero attached hydrogens (tertiary/aromatic N) is 4. The van der Waals surface area contributed by atoms with Crippen LogP contribution in [0.3, 0.4) is 0 Å². The van der Waals surface area contributed by atoms with E-state index in [1.807, 2.05) is 0 Å². The quantitative estimate of drug-likeness (QED) is 0.515. The first-order valence-electron chi connectivity index (χ1n) is 13.7. The zero-order chi connectivity index (χ0) is 24.9. The predicted octanol–water partition coefficient (Wildman–Crippen LogP) is 6.75. The predicted molar refractivity (Wildman–Crippen MR) is 149 cm³/mol. The third kappa shape index (κ3) is 4.26. The molecule has 1 atom stereocenters. The van der Waals surface area contributed by atoms with Crippen molar-refractivity contribution < 1.29 is 0 Å². The van der Waals surface area contributed by atoms with Gasteiger partial charge >= 0.3 is 0 Å². The van der Waals surface area contributed by atoms with Crippen molar-refractivity contribution in [3.05, 3.63) is 52.7 Å². The van der Waals surface area contributed by atoms with Gasteiger partial charge in [-0.25, -0.2) is 4.99 Å². The molecule has 186 valence electrons. The molecule has 0 spiro atoms. The van der Waals surface area contributed by atoms with Crippen LogP contribution in [0.15, 0.2) is 45.9 Å². The van der Waals surface area contributed by atoms with Gasteiger partial charge in [0.25, 0.3) is 0 Å². The fraction of sp³-hybridized carbons (Fsp3) is 0.516. The lowest BCUT2D eigenvalue weighted by Gasteiger charge is -2.33. The molecule has 3 heterocycles. The summed E-state index contributed by atoms with van der Waals surface area (Å²) in [6.45, 7) is 9.97. The van der Waals surface area contributed by atoms with Gasteiger partial charge in [-0.1, -0.05) is 26.0 Å². The van der Waals surface area contributed by atoms with Crippen molar-refractivity contribution in [1.82, 2.24) is 9.88 Å². The molecule has 1 aromatic heterocycles. The SMILES string of the molecule is C/C1=C/C(c2[nH]c3ccc(C4CCN(CC5(C#N)CC5)CC4)cc3c2C(C)C)=C\CCC2N=CN=C12. The number of likely N-dealkylation sites (tertiary alicyclic amines) is 1. The highest BCUT2D eigenvalue weighted by molar-refractivity contribution is 6.11. The van der Waals surface area contributed by atoms with Crippen molar-refractivity contribution in [3.63, 3.8) is 0 Å². The van der Waals surface area contributed by atoms with Gasteiger partial charge in [0, 0.05) is 23.1 Å². The van der Waals surface area contributed by atoms with E-state index in [4.69, 9.17) is 0 Å². The van der Waals surface area contributed by atoms with Crippen LogP contribution in [-0.4, -0.2) is 47.6 Å². The number of aromatic nitrogens is 1. The molecule has 1 aromatic carbocycles. The van der Waals surface area contributed by atoms with E-state index < -0.39 is 0 Å². The first-order chi connectivity index (χ1) is 17.5. The molecule has 4 aliphatic rings. The number of aliphatic imine (C=N–C) groups is 2. The van der Waals surface area contributed by atoms with Crippen LogP contribution in [0.1, 0.15) is 88.0 Å². The molecule has 36 heavy (non-hydrogen) atoms. The van der Waals surface area contributed by atoms with Crippen LogP contribution in [0.25, 0.3) is 16.5 Å². The number of hydrogen-bond donors (Lipinski definition) is 1.